The van der Waals surface area contributed by atoms with E-state index in [4.69, 9.17) is 20.9 Å². The van der Waals surface area contributed by atoms with Gasteiger partial charge in [0, 0.05) is 19.0 Å². The lowest BCUT2D eigenvalue weighted by atomic mass is 9.96. The maximum absolute atomic E-state index is 12.5. The van der Waals surface area contributed by atoms with E-state index < -0.39 is 0 Å². The fourth-order valence-electron chi connectivity index (χ4n) is 2.69. The Morgan fingerprint density at radius 2 is 2.13 bits per heavy atom. The summed E-state index contributed by atoms with van der Waals surface area (Å²) in [6.45, 7) is 0.817. The van der Waals surface area contributed by atoms with E-state index >= 15 is 0 Å². The number of carbonyl (C=O) groups is 1. The molecule has 1 heterocycles. The smallest absolute Gasteiger partial charge is 0.276 e. The van der Waals surface area contributed by atoms with Crippen LogP contribution in [0, 0.1) is 0 Å². The van der Waals surface area contributed by atoms with Crippen LogP contribution < -0.4 is 4.74 Å². The molecular formula is C17H19ClN2O3. The Morgan fingerprint density at radius 1 is 1.35 bits per heavy atom. The Kier molecular flexibility index (Phi) is 4.86. The standard InChI is InChI=1S/C17H19ClN2O3/c1-20(10-11-22-15-9-5-3-7-13(15)18)17(21)16-12-6-2-4-8-14(12)23-19-16/h3,5,7,9H,2,4,6,8,10-11H2,1H3. The first-order valence-electron chi connectivity index (χ1n) is 7.77. The quantitative estimate of drug-likeness (QED) is 0.841. The first-order valence-corrected chi connectivity index (χ1v) is 8.15. The fourth-order valence-corrected chi connectivity index (χ4v) is 2.88. The van der Waals surface area contributed by atoms with Crippen molar-refractivity contribution in [2.75, 3.05) is 20.2 Å². The molecule has 1 amide bonds. The highest BCUT2D eigenvalue weighted by atomic mass is 35.5. The number of fused-ring (bicyclic) bond motifs is 1. The molecule has 1 aromatic carbocycles. The number of halogens is 1. The third kappa shape index (κ3) is 3.50. The number of hydrogen-bond donors (Lipinski definition) is 0. The van der Waals surface area contributed by atoms with Gasteiger partial charge in [-0.25, -0.2) is 0 Å². The van der Waals surface area contributed by atoms with Gasteiger partial charge in [0.05, 0.1) is 11.6 Å². The summed E-state index contributed by atoms with van der Waals surface area (Å²) < 4.78 is 10.9. The predicted molar refractivity (Wildman–Crippen MR) is 87.1 cm³/mol. The number of amides is 1. The summed E-state index contributed by atoms with van der Waals surface area (Å²) in [7, 11) is 1.74. The summed E-state index contributed by atoms with van der Waals surface area (Å²) in [6, 6.07) is 7.28. The third-order valence-corrected chi connectivity index (χ3v) is 4.33. The average Bonchev–Trinajstić information content (AvgIpc) is 3.00. The zero-order valence-corrected chi connectivity index (χ0v) is 13.8. The van der Waals surface area contributed by atoms with Crippen LogP contribution in [0.25, 0.3) is 0 Å². The van der Waals surface area contributed by atoms with Gasteiger partial charge in [-0.05, 0) is 31.4 Å². The normalized spacial score (nSPS) is 13.5. The first-order chi connectivity index (χ1) is 11.2. The summed E-state index contributed by atoms with van der Waals surface area (Å²) in [5.41, 5.74) is 1.42. The summed E-state index contributed by atoms with van der Waals surface area (Å²) in [6.07, 6.45) is 3.91. The van der Waals surface area contributed by atoms with Gasteiger partial charge in [0.1, 0.15) is 18.1 Å². The molecule has 0 radical (unpaired) electrons. The highest BCUT2D eigenvalue weighted by molar-refractivity contribution is 6.32. The Bertz CT molecular complexity index is 699. The van der Waals surface area contributed by atoms with E-state index in [9.17, 15) is 4.79 Å². The van der Waals surface area contributed by atoms with Crippen LogP contribution in [0.1, 0.15) is 34.7 Å². The second-order valence-electron chi connectivity index (χ2n) is 5.65. The molecule has 0 aliphatic heterocycles. The van der Waals surface area contributed by atoms with Crippen molar-refractivity contribution < 1.29 is 14.1 Å². The van der Waals surface area contributed by atoms with Gasteiger partial charge >= 0.3 is 0 Å². The van der Waals surface area contributed by atoms with E-state index in [1.807, 2.05) is 12.1 Å². The van der Waals surface area contributed by atoms with Crippen LogP contribution in [0.5, 0.6) is 5.75 Å². The molecule has 0 bridgehead atoms. The number of aryl methyl sites for hydroxylation is 1. The number of aromatic nitrogens is 1. The number of benzene rings is 1. The van der Waals surface area contributed by atoms with Crippen LogP contribution in [-0.2, 0) is 12.8 Å². The zero-order chi connectivity index (χ0) is 16.2. The molecule has 0 saturated carbocycles. The Balaban J connectivity index is 1.58. The van der Waals surface area contributed by atoms with Crippen molar-refractivity contribution in [3.63, 3.8) is 0 Å². The summed E-state index contributed by atoms with van der Waals surface area (Å²) >= 11 is 6.03. The van der Waals surface area contributed by atoms with Crippen LogP contribution in [0.4, 0.5) is 0 Å². The minimum Gasteiger partial charge on any atom is -0.490 e. The van der Waals surface area contributed by atoms with Crippen LogP contribution >= 0.6 is 11.6 Å². The molecule has 2 aromatic rings. The molecule has 122 valence electrons. The maximum Gasteiger partial charge on any atom is 0.276 e. The Morgan fingerprint density at radius 3 is 2.96 bits per heavy atom. The van der Waals surface area contributed by atoms with Crippen molar-refractivity contribution in [2.24, 2.45) is 0 Å². The van der Waals surface area contributed by atoms with E-state index in [-0.39, 0.29) is 5.91 Å². The minimum absolute atomic E-state index is 0.125. The topological polar surface area (TPSA) is 55.6 Å². The lowest BCUT2D eigenvalue weighted by molar-refractivity contribution is 0.0762. The number of rotatable bonds is 5. The summed E-state index contributed by atoms with van der Waals surface area (Å²) in [5.74, 6) is 1.36. The number of hydrogen-bond acceptors (Lipinski definition) is 4. The van der Waals surface area contributed by atoms with Crippen molar-refractivity contribution in [3.8, 4) is 5.75 Å². The molecule has 0 fully saturated rings. The number of para-hydroxylation sites is 1. The highest BCUT2D eigenvalue weighted by Gasteiger charge is 2.25. The molecule has 0 saturated heterocycles. The summed E-state index contributed by atoms with van der Waals surface area (Å²) in [4.78, 5) is 14.1. The Hall–Kier alpha value is -2.01. The van der Waals surface area contributed by atoms with Gasteiger partial charge in [0.25, 0.3) is 5.91 Å². The lowest BCUT2D eigenvalue weighted by Gasteiger charge is -2.17. The van der Waals surface area contributed by atoms with Crippen LogP contribution in [-0.4, -0.2) is 36.2 Å². The molecule has 0 N–H and O–H groups in total. The highest BCUT2D eigenvalue weighted by Crippen LogP contribution is 2.25. The molecule has 0 atom stereocenters. The Labute approximate surface area is 140 Å². The van der Waals surface area contributed by atoms with E-state index in [1.54, 1.807) is 24.1 Å². The van der Waals surface area contributed by atoms with E-state index in [2.05, 4.69) is 5.16 Å². The van der Waals surface area contributed by atoms with Gasteiger partial charge < -0.3 is 14.2 Å². The molecule has 1 aliphatic carbocycles. The number of nitrogens with zero attached hydrogens (tertiary/aromatic N) is 2. The van der Waals surface area contributed by atoms with Crippen molar-refractivity contribution >= 4 is 17.5 Å². The van der Waals surface area contributed by atoms with E-state index in [0.29, 0.717) is 29.6 Å². The zero-order valence-electron chi connectivity index (χ0n) is 13.0. The van der Waals surface area contributed by atoms with Crippen LogP contribution in [0.2, 0.25) is 5.02 Å². The van der Waals surface area contributed by atoms with Crippen LogP contribution in [0.15, 0.2) is 28.8 Å². The molecule has 0 unspecified atom stereocenters. The third-order valence-electron chi connectivity index (χ3n) is 4.02. The van der Waals surface area contributed by atoms with Gasteiger partial charge in [-0.15, -0.1) is 0 Å². The second kappa shape index (κ2) is 7.04. The van der Waals surface area contributed by atoms with Crippen molar-refractivity contribution in [3.05, 3.63) is 46.3 Å². The molecular weight excluding hydrogens is 316 g/mol. The second-order valence-corrected chi connectivity index (χ2v) is 6.05. The molecule has 0 spiro atoms. The minimum atomic E-state index is -0.125. The SMILES string of the molecule is CN(CCOc1ccccc1Cl)C(=O)c1noc2c1CCCC2. The molecule has 3 rings (SSSR count). The van der Waals surface area contributed by atoms with Crippen molar-refractivity contribution in [1.29, 1.82) is 0 Å². The van der Waals surface area contributed by atoms with Gasteiger partial charge in [0.15, 0.2) is 5.69 Å². The van der Waals surface area contributed by atoms with Crippen molar-refractivity contribution in [1.82, 2.24) is 10.1 Å². The van der Waals surface area contributed by atoms with Crippen LogP contribution in [0.3, 0.4) is 0 Å². The molecule has 23 heavy (non-hydrogen) atoms. The molecule has 6 heteroatoms. The van der Waals surface area contributed by atoms with E-state index in [1.165, 1.54) is 0 Å². The molecule has 1 aromatic heterocycles. The fraction of sp³-hybridized carbons (Fsp3) is 0.412. The van der Waals surface area contributed by atoms with E-state index in [0.717, 1.165) is 37.0 Å². The summed E-state index contributed by atoms with van der Waals surface area (Å²) in [5, 5.41) is 4.53. The van der Waals surface area contributed by atoms with Gasteiger partial charge in [0.2, 0.25) is 0 Å². The predicted octanol–water partition coefficient (Wildman–Crippen LogP) is 3.36. The lowest BCUT2D eigenvalue weighted by Crippen LogP contribution is -2.32. The monoisotopic (exact) mass is 334 g/mol. The maximum atomic E-state index is 12.5. The number of likely N-dealkylation sites (N-methyl/N-ethyl adjacent to an activating group) is 1. The average molecular weight is 335 g/mol. The molecule has 5 nitrogen and oxygen atoms in total. The number of ether oxygens (including phenoxy) is 1. The van der Waals surface area contributed by atoms with Gasteiger partial charge in [-0.2, -0.15) is 0 Å². The molecule has 1 aliphatic rings. The van der Waals surface area contributed by atoms with Crippen molar-refractivity contribution in [2.45, 2.75) is 25.7 Å². The first kappa shape index (κ1) is 15.9. The largest absolute Gasteiger partial charge is 0.490 e. The number of carbonyl (C=O) groups excluding carboxylic acids is 1. The van der Waals surface area contributed by atoms with Gasteiger partial charge in [-0.3, -0.25) is 4.79 Å². The van der Waals surface area contributed by atoms with Gasteiger partial charge in [-0.1, -0.05) is 28.9 Å².